The molecular formula is C16H24N4. The normalized spacial score (nSPS) is 17.2. The first-order valence-electron chi connectivity index (χ1n) is 7.68. The van der Waals surface area contributed by atoms with Crippen molar-refractivity contribution in [2.75, 3.05) is 13.1 Å². The van der Waals surface area contributed by atoms with Crippen LogP contribution < -0.4 is 5.32 Å². The first-order chi connectivity index (χ1) is 9.65. The van der Waals surface area contributed by atoms with E-state index in [1.165, 1.54) is 24.2 Å². The van der Waals surface area contributed by atoms with E-state index in [-0.39, 0.29) is 0 Å². The molecule has 108 valence electrons. The van der Waals surface area contributed by atoms with E-state index in [0.717, 1.165) is 36.7 Å². The Morgan fingerprint density at radius 2 is 2.10 bits per heavy atom. The highest BCUT2D eigenvalue weighted by molar-refractivity contribution is 5.72. The summed E-state index contributed by atoms with van der Waals surface area (Å²) in [4.78, 5) is 9.46. The smallest absolute Gasteiger partial charge is 0.160 e. The number of nitrogens with zero attached hydrogens (tertiary/aromatic N) is 3. The average molecular weight is 272 g/mol. The molecule has 3 heterocycles. The molecule has 1 fully saturated rings. The van der Waals surface area contributed by atoms with Gasteiger partial charge in [-0.2, -0.15) is 0 Å². The van der Waals surface area contributed by atoms with E-state index in [2.05, 4.69) is 41.7 Å². The summed E-state index contributed by atoms with van der Waals surface area (Å²) in [6, 6.07) is 2.15. The van der Waals surface area contributed by atoms with Crippen LogP contribution in [0, 0.1) is 12.8 Å². The van der Waals surface area contributed by atoms with Crippen LogP contribution in [0.25, 0.3) is 11.2 Å². The van der Waals surface area contributed by atoms with Gasteiger partial charge in [0, 0.05) is 18.7 Å². The highest BCUT2D eigenvalue weighted by Crippen LogP contribution is 2.24. The first-order valence-corrected chi connectivity index (χ1v) is 7.68. The van der Waals surface area contributed by atoms with Gasteiger partial charge in [0.2, 0.25) is 0 Å². The fourth-order valence-electron chi connectivity index (χ4n) is 3.07. The molecule has 0 atom stereocenters. The molecule has 4 heteroatoms. The molecule has 0 aromatic carbocycles. The van der Waals surface area contributed by atoms with Crippen LogP contribution in [-0.2, 0) is 6.54 Å². The lowest BCUT2D eigenvalue weighted by molar-refractivity contribution is 0.331. The molecule has 3 rings (SSSR count). The molecule has 0 spiro atoms. The van der Waals surface area contributed by atoms with E-state index in [1.807, 2.05) is 6.20 Å². The predicted octanol–water partition coefficient (Wildman–Crippen LogP) is 2.86. The van der Waals surface area contributed by atoms with Crippen LogP contribution in [0.3, 0.4) is 0 Å². The molecule has 2 aromatic heterocycles. The van der Waals surface area contributed by atoms with E-state index in [4.69, 9.17) is 4.98 Å². The number of imidazole rings is 1. The van der Waals surface area contributed by atoms with Gasteiger partial charge in [-0.05, 0) is 50.4 Å². The second kappa shape index (κ2) is 5.52. The number of aryl methyl sites for hydroxylation is 1. The fourth-order valence-corrected chi connectivity index (χ4v) is 3.07. The van der Waals surface area contributed by atoms with Gasteiger partial charge < -0.3 is 9.88 Å². The number of hydrogen-bond donors (Lipinski definition) is 1. The van der Waals surface area contributed by atoms with Gasteiger partial charge in [-0.25, -0.2) is 9.97 Å². The topological polar surface area (TPSA) is 42.7 Å². The van der Waals surface area contributed by atoms with Crippen LogP contribution in [0.1, 0.15) is 44.0 Å². The Bertz CT molecular complexity index is 594. The average Bonchev–Trinajstić information content (AvgIpc) is 2.78. The number of hydrogen-bond acceptors (Lipinski definition) is 3. The van der Waals surface area contributed by atoms with Gasteiger partial charge in [-0.15, -0.1) is 0 Å². The molecule has 0 unspecified atom stereocenters. The lowest BCUT2D eigenvalue weighted by Gasteiger charge is -2.24. The third-order valence-corrected chi connectivity index (χ3v) is 4.17. The van der Waals surface area contributed by atoms with Crippen molar-refractivity contribution in [3.8, 4) is 0 Å². The molecule has 20 heavy (non-hydrogen) atoms. The van der Waals surface area contributed by atoms with E-state index >= 15 is 0 Å². The van der Waals surface area contributed by atoms with Crippen LogP contribution in [0.4, 0.5) is 0 Å². The van der Waals surface area contributed by atoms with Crippen LogP contribution >= 0.6 is 0 Å². The Kier molecular flexibility index (Phi) is 3.74. The zero-order chi connectivity index (χ0) is 14.1. The van der Waals surface area contributed by atoms with Gasteiger partial charge in [0.1, 0.15) is 11.3 Å². The minimum absolute atomic E-state index is 0.436. The van der Waals surface area contributed by atoms with Gasteiger partial charge in [0.25, 0.3) is 0 Å². The molecule has 1 saturated heterocycles. The van der Waals surface area contributed by atoms with E-state index in [0.29, 0.717) is 5.92 Å². The second-order valence-corrected chi connectivity index (χ2v) is 6.28. The number of rotatable bonds is 3. The van der Waals surface area contributed by atoms with Crippen molar-refractivity contribution in [1.29, 1.82) is 0 Å². The molecule has 0 radical (unpaired) electrons. The lowest BCUT2D eigenvalue weighted by atomic mass is 9.98. The minimum atomic E-state index is 0.436. The molecule has 0 bridgehead atoms. The standard InChI is InChI=1S/C16H24N4/c1-11(2)15-19-14-8-12(3)9-18-16(14)20(15)10-13-4-6-17-7-5-13/h8-9,11,13,17H,4-7,10H2,1-3H3. The van der Waals surface area contributed by atoms with E-state index in [1.54, 1.807) is 0 Å². The van der Waals surface area contributed by atoms with Crippen LogP contribution in [0.15, 0.2) is 12.3 Å². The third kappa shape index (κ3) is 2.57. The first kappa shape index (κ1) is 13.6. The van der Waals surface area contributed by atoms with Gasteiger partial charge in [0.05, 0.1) is 0 Å². The fraction of sp³-hybridized carbons (Fsp3) is 0.625. The molecule has 2 aromatic rings. The van der Waals surface area contributed by atoms with E-state index in [9.17, 15) is 0 Å². The largest absolute Gasteiger partial charge is 0.317 e. The Morgan fingerprint density at radius 3 is 2.80 bits per heavy atom. The summed E-state index contributed by atoms with van der Waals surface area (Å²) < 4.78 is 2.36. The van der Waals surface area contributed by atoms with Gasteiger partial charge >= 0.3 is 0 Å². The SMILES string of the molecule is Cc1cnc2c(c1)nc(C(C)C)n2CC1CCNCC1. The number of pyridine rings is 1. The number of nitrogens with one attached hydrogen (secondary N) is 1. The molecule has 0 aliphatic carbocycles. The number of piperidine rings is 1. The van der Waals surface area contributed by atoms with Gasteiger partial charge in [-0.1, -0.05) is 13.8 Å². The minimum Gasteiger partial charge on any atom is -0.317 e. The summed E-state index contributed by atoms with van der Waals surface area (Å²) in [5, 5.41) is 3.44. The van der Waals surface area contributed by atoms with Crippen LogP contribution in [0.5, 0.6) is 0 Å². The van der Waals surface area contributed by atoms with Crippen molar-refractivity contribution < 1.29 is 0 Å². The van der Waals surface area contributed by atoms with Crippen molar-refractivity contribution in [2.45, 2.75) is 46.1 Å². The molecule has 0 saturated carbocycles. The summed E-state index contributed by atoms with van der Waals surface area (Å²) in [5.41, 5.74) is 3.28. The van der Waals surface area contributed by atoms with Gasteiger partial charge in [-0.3, -0.25) is 0 Å². The quantitative estimate of drug-likeness (QED) is 0.934. The maximum atomic E-state index is 4.82. The highest BCUT2D eigenvalue weighted by Gasteiger charge is 2.20. The zero-order valence-corrected chi connectivity index (χ0v) is 12.7. The van der Waals surface area contributed by atoms with Crippen molar-refractivity contribution in [3.05, 3.63) is 23.7 Å². The molecule has 1 aliphatic heterocycles. The maximum Gasteiger partial charge on any atom is 0.160 e. The maximum absolute atomic E-state index is 4.82. The second-order valence-electron chi connectivity index (χ2n) is 6.28. The number of fused-ring (bicyclic) bond motifs is 1. The van der Waals surface area contributed by atoms with Crippen LogP contribution in [-0.4, -0.2) is 27.6 Å². The van der Waals surface area contributed by atoms with Gasteiger partial charge in [0.15, 0.2) is 5.65 Å². The van der Waals surface area contributed by atoms with Crippen molar-refractivity contribution in [3.63, 3.8) is 0 Å². The summed E-state index contributed by atoms with van der Waals surface area (Å²) in [6.45, 7) is 9.84. The zero-order valence-electron chi connectivity index (χ0n) is 12.7. The van der Waals surface area contributed by atoms with Crippen molar-refractivity contribution >= 4 is 11.2 Å². The monoisotopic (exact) mass is 272 g/mol. The third-order valence-electron chi connectivity index (χ3n) is 4.17. The molecular weight excluding hydrogens is 248 g/mol. The van der Waals surface area contributed by atoms with E-state index < -0.39 is 0 Å². The lowest BCUT2D eigenvalue weighted by Crippen LogP contribution is -2.30. The van der Waals surface area contributed by atoms with Crippen molar-refractivity contribution in [2.24, 2.45) is 5.92 Å². The molecule has 1 aliphatic rings. The Balaban J connectivity index is 1.99. The Morgan fingerprint density at radius 1 is 1.35 bits per heavy atom. The predicted molar refractivity (Wildman–Crippen MR) is 81.9 cm³/mol. The molecule has 1 N–H and O–H groups in total. The Hall–Kier alpha value is -1.42. The summed E-state index contributed by atoms with van der Waals surface area (Å²) in [7, 11) is 0. The van der Waals surface area contributed by atoms with Crippen LogP contribution in [0.2, 0.25) is 0 Å². The molecule has 0 amide bonds. The summed E-state index contributed by atoms with van der Waals surface area (Å²) in [6.07, 6.45) is 4.46. The summed E-state index contributed by atoms with van der Waals surface area (Å²) >= 11 is 0. The van der Waals surface area contributed by atoms with Crippen molar-refractivity contribution in [1.82, 2.24) is 19.9 Å². The highest BCUT2D eigenvalue weighted by atomic mass is 15.1. The number of aromatic nitrogens is 3. The summed E-state index contributed by atoms with van der Waals surface area (Å²) in [5.74, 6) is 2.36. The molecule has 4 nitrogen and oxygen atoms in total. The Labute approximate surface area is 120 Å².